The molecule has 1 aliphatic heterocycles. The van der Waals surface area contributed by atoms with Crippen molar-refractivity contribution in [2.24, 2.45) is 0 Å². The average Bonchev–Trinajstić information content (AvgIpc) is 3.56. The van der Waals surface area contributed by atoms with E-state index in [4.69, 9.17) is 18.7 Å². The molecule has 1 aliphatic rings. The molecule has 2 aromatic carbocycles. The molecule has 10 heteroatoms. The summed E-state index contributed by atoms with van der Waals surface area (Å²) in [6.07, 6.45) is 1.35. The summed E-state index contributed by atoms with van der Waals surface area (Å²) in [4.78, 5) is 30.3. The Hall–Kier alpha value is -4.44. The van der Waals surface area contributed by atoms with Crippen molar-refractivity contribution in [3.8, 4) is 28.6 Å². The Morgan fingerprint density at radius 3 is 2.61 bits per heavy atom. The summed E-state index contributed by atoms with van der Waals surface area (Å²) in [5, 5.41) is 4.09. The van der Waals surface area contributed by atoms with E-state index in [0.717, 1.165) is 11.3 Å². The first kappa shape index (κ1) is 23.3. The molecule has 10 nitrogen and oxygen atoms in total. The van der Waals surface area contributed by atoms with Crippen molar-refractivity contribution < 1.29 is 23.5 Å². The van der Waals surface area contributed by atoms with E-state index < -0.39 is 0 Å². The molecule has 1 saturated heterocycles. The highest BCUT2D eigenvalue weighted by Gasteiger charge is 2.23. The molecule has 36 heavy (non-hydrogen) atoms. The van der Waals surface area contributed by atoms with Gasteiger partial charge in [0.25, 0.3) is 11.4 Å². The van der Waals surface area contributed by atoms with Crippen LogP contribution in [0.5, 0.6) is 5.75 Å². The third-order valence-electron chi connectivity index (χ3n) is 5.66. The number of nitrogens with zero attached hydrogens (tertiary/aromatic N) is 4. The van der Waals surface area contributed by atoms with Crippen molar-refractivity contribution in [2.45, 2.75) is 6.54 Å². The number of carbonyl (C=O) groups excluding carboxylic acids is 1. The lowest BCUT2D eigenvalue weighted by atomic mass is 10.2. The fourth-order valence-corrected chi connectivity index (χ4v) is 3.83. The Labute approximate surface area is 206 Å². The summed E-state index contributed by atoms with van der Waals surface area (Å²) in [7, 11) is 1.62. The van der Waals surface area contributed by atoms with Gasteiger partial charge in [0.05, 0.1) is 19.7 Å². The molecule has 0 N–H and O–H groups in total. The first-order chi connectivity index (χ1) is 17.6. The smallest absolute Gasteiger partial charge is 0.414 e. The molecule has 0 radical (unpaired) electrons. The fourth-order valence-electron chi connectivity index (χ4n) is 3.83. The van der Waals surface area contributed by atoms with Crippen LogP contribution in [0.2, 0.25) is 0 Å². The maximum Gasteiger partial charge on any atom is 0.414 e. The summed E-state index contributed by atoms with van der Waals surface area (Å²) in [5.41, 5.74) is 2.86. The summed E-state index contributed by atoms with van der Waals surface area (Å²) < 4.78 is 22.7. The average molecular weight is 489 g/mol. The number of methoxy groups -OCH3 is 1. The SMILES string of the molecule is COCCOc1cccc(Cn2cc(-c3noc(-c4ccc(N5CCOC5=O)cc4)n3)ccc2=O)c1. The zero-order chi connectivity index (χ0) is 24.9. The van der Waals surface area contributed by atoms with E-state index in [1.807, 2.05) is 24.3 Å². The van der Waals surface area contributed by atoms with Gasteiger partial charge >= 0.3 is 6.09 Å². The number of anilines is 1. The van der Waals surface area contributed by atoms with E-state index in [0.29, 0.717) is 61.5 Å². The van der Waals surface area contributed by atoms with Crippen molar-refractivity contribution in [3.63, 3.8) is 0 Å². The van der Waals surface area contributed by atoms with E-state index in [9.17, 15) is 9.59 Å². The van der Waals surface area contributed by atoms with Gasteiger partial charge in [0.2, 0.25) is 5.82 Å². The van der Waals surface area contributed by atoms with Crippen molar-refractivity contribution in [1.29, 1.82) is 0 Å². The molecule has 0 bridgehead atoms. The second-order valence-electron chi connectivity index (χ2n) is 8.11. The summed E-state index contributed by atoms with van der Waals surface area (Å²) in [6, 6.07) is 17.9. The maximum atomic E-state index is 12.5. The third kappa shape index (κ3) is 5.13. The summed E-state index contributed by atoms with van der Waals surface area (Å²) >= 11 is 0. The Bertz CT molecular complexity index is 1410. The maximum absolute atomic E-state index is 12.5. The lowest BCUT2D eigenvalue weighted by Crippen LogP contribution is -2.23. The molecule has 1 fully saturated rings. The fraction of sp³-hybridized carbons (Fsp3) is 0.231. The molecule has 5 rings (SSSR count). The highest BCUT2D eigenvalue weighted by Crippen LogP contribution is 2.26. The van der Waals surface area contributed by atoms with Crippen molar-refractivity contribution in [1.82, 2.24) is 14.7 Å². The molecular formula is C26H24N4O6. The van der Waals surface area contributed by atoms with Crippen LogP contribution in [0.25, 0.3) is 22.8 Å². The number of aromatic nitrogens is 3. The second-order valence-corrected chi connectivity index (χ2v) is 8.11. The highest BCUT2D eigenvalue weighted by molar-refractivity contribution is 5.89. The molecule has 0 atom stereocenters. The molecule has 1 amide bonds. The van der Waals surface area contributed by atoms with Gasteiger partial charge in [-0.05, 0) is 48.0 Å². The predicted molar refractivity (Wildman–Crippen MR) is 131 cm³/mol. The van der Waals surface area contributed by atoms with E-state index in [1.54, 1.807) is 53.1 Å². The topological polar surface area (TPSA) is 109 Å². The van der Waals surface area contributed by atoms with Crippen LogP contribution in [0.1, 0.15) is 5.56 Å². The van der Waals surface area contributed by atoms with Crippen LogP contribution < -0.4 is 15.2 Å². The van der Waals surface area contributed by atoms with E-state index in [1.165, 1.54) is 6.07 Å². The third-order valence-corrected chi connectivity index (χ3v) is 5.66. The number of carbonyl (C=O) groups is 1. The minimum atomic E-state index is -0.358. The van der Waals surface area contributed by atoms with Crippen LogP contribution in [-0.4, -0.2) is 54.3 Å². The number of pyridine rings is 1. The number of benzene rings is 2. The van der Waals surface area contributed by atoms with Gasteiger partial charge in [-0.1, -0.05) is 17.3 Å². The zero-order valence-electron chi connectivity index (χ0n) is 19.6. The number of hydrogen-bond donors (Lipinski definition) is 0. The monoisotopic (exact) mass is 488 g/mol. The minimum absolute atomic E-state index is 0.149. The van der Waals surface area contributed by atoms with E-state index >= 15 is 0 Å². The predicted octanol–water partition coefficient (Wildman–Crippen LogP) is 3.60. The molecule has 2 aromatic heterocycles. The van der Waals surface area contributed by atoms with Crippen LogP contribution >= 0.6 is 0 Å². The lowest BCUT2D eigenvalue weighted by molar-refractivity contribution is 0.146. The number of ether oxygens (including phenoxy) is 3. The van der Waals surface area contributed by atoms with Gasteiger partial charge in [-0.2, -0.15) is 4.98 Å². The number of hydrogen-bond acceptors (Lipinski definition) is 8. The summed E-state index contributed by atoms with van der Waals surface area (Å²) in [6.45, 7) is 2.20. The Balaban J connectivity index is 1.32. The number of cyclic esters (lactones) is 1. The molecule has 0 unspecified atom stereocenters. The van der Waals surface area contributed by atoms with E-state index in [2.05, 4.69) is 10.1 Å². The first-order valence-corrected chi connectivity index (χ1v) is 11.4. The quantitative estimate of drug-likeness (QED) is 0.329. The lowest BCUT2D eigenvalue weighted by Gasteiger charge is -2.12. The summed E-state index contributed by atoms with van der Waals surface area (Å²) in [5.74, 6) is 1.41. The molecule has 0 saturated carbocycles. The van der Waals surface area contributed by atoms with Crippen LogP contribution in [0, 0.1) is 0 Å². The second kappa shape index (κ2) is 10.4. The van der Waals surface area contributed by atoms with Crippen molar-refractivity contribution in [3.05, 3.63) is 82.8 Å². The standard InChI is InChI=1S/C26H24N4O6/c1-33-13-14-34-22-4-2-3-18(15-22)16-29-17-20(7-10-23(29)31)24-27-25(36-28-24)19-5-8-21(9-6-19)30-11-12-35-26(30)32/h2-10,15,17H,11-14,16H2,1H3. The van der Waals surface area contributed by atoms with Crippen LogP contribution in [0.15, 0.2) is 76.2 Å². The minimum Gasteiger partial charge on any atom is -0.491 e. The Morgan fingerprint density at radius 2 is 1.83 bits per heavy atom. The normalized spacial score (nSPS) is 13.1. The van der Waals surface area contributed by atoms with Gasteiger partial charge < -0.3 is 23.3 Å². The number of amides is 1. The van der Waals surface area contributed by atoms with Gasteiger partial charge in [0.1, 0.15) is 19.0 Å². The highest BCUT2D eigenvalue weighted by atomic mass is 16.6. The van der Waals surface area contributed by atoms with Gasteiger partial charge in [-0.15, -0.1) is 0 Å². The molecule has 0 spiro atoms. The van der Waals surface area contributed by atoms with Crippen LogP contribution in [0.3, 0.4) is 0 Å². The van der Waals surface area contributed by atoms with Gasteiger partial charge in [-0.3, -0.25) is 9.69 Å². The van der Waals surface area contributed by atoms with Crippen molar-refractivity contribution >= 4 is 11.8 Å². The zero-order valence-corrected chi connectivity index (χ0v) is 19.6. The molecule has 0 aliphatic carbocycles. The Kier molecular flexibility index (Phi) is 6.76. The van der Waals surface area contributed by atoms with Gasteiger partial charge in [0, 0.05) is 36.2 Å². The molecular weight excluding hydrogens is 464 g/mol. The van der Waals surface area contributed by atoms with E-state index in [-0.39, 0.29) is 11.7 Å². The van der Waals surface area contributed by atoms with Crippen LogP contribution in [0.4, 0.5) is 10.5 Å². The van der Waals surface area contributed by atoms with Gasteiger partial charge in [0.15, 0.2) is 0 Å². The van der Waals surface area contributed by atoms with Crippen LogP contribution in [-0.2, 0) is 16.0 Å². The molecule has 4 aromatic rings. The Morgan fingerprint density at radius 1 is 1.00 bits per heavy atom. The number of rotatable bonds is 9. The van der Waals surface area contributed by atoms with Crippen molar-refractivity contribution in [2.75, 3.05) is 38.4 Å². The largest absolute Gasteiger partial charge is 0.491 e. The first-order valence-electron chi connectivity index (χ1n) is 11.4. The molecule has 184 valence electrons. The van der Waals surface area contributed by atoms with Gasteiger partial charge in [-0.25, -0.2) is 4.79 Å². The molecule has 3 heterocycles.